The average molecular weight is 279 g/mol. The van der Waals surface area contributed by atoms with E-state index in [1.54, 1.807) is 0 Å². The molecule has 1 saturated heterocycles. The van der Waals surface area contributed by atoms with E-state index in [2.05, 4.69) is 40.7 Å². The molecule has 6 nitrogen and oxygen atoms in total. The van der Waals surface area contributed by atoms with Crippen molar-refractivity contribution in [1.82, 2.24) is 14.9 Å². The van der Waals surface area contributed by atoms with Crippen LogP contribution in [-0.4, -0.2) is 60.8 Å². The first-order valence-corrected chi connectivity index (χ1v) is 7.26. The maximum absolute atomic E-state index is 5.72. The minimum atomic E-state index is 0.336. The smallest absolute Gasteiger partial charge is 0.221 e. The van der Waals surface area contributed by atoms with Gasteiger partial charge in [-0.2, -0.15) is 4.98 Å². The predicted molar refractivity (Wildman–Crippen MR) is 80.9 cm³/mol. The van der Waals surface area contributed by atoms with Gasteiger partial charge in [0.1, 0.15) is 5.82 Å². The first-order chi connectivity index (χ1) is 9.61. The topological polar surface area (TPSA) is 67.5 Å². The number of ether oxygens (including phenoxy) is 1. The number of hydrogen-bond donors (Lipinski definition) is 1. The minimum absolute atomic E-state index is 0.336. The van der Waals surface area contributed by atoms with Gasteiger partial charge in [0.05, 0.1) is 13.2 Å². The maximum Gasteiger partial charge on any atom is 0.221 e. The fourth-order valence-electron chi connectivity index (χ4n) is 2.61. The molecule has 2 N–H and O–H groups in total. The van der Waals surface area contributed by atoms with Crippen LogP contribution >= 0.6 is 0 Å². The second kappa shape index (κ2) is 6.85. The summed E-state index contributed by atoms with van der Waals surface area (Å²) in [5.74, 6) is 1.28. The molecule has 1 atom stereocenters. The molecule has 1 aromatic heterocycles. The Morgan fingerprint density at radius 1 is 1.45 bits per heavy atom. The number of likely N-dealkylation sites (N-methyl/N-ethyl adjacent to an activating group) is 1. The third-order valence-corrected chi connectivity index (χ3v) is 3.81. The van der Waals surface area contributed by atoms with Crippen LogP contribution in [-0.2, 0) is 11.2 Å². The molecule has 1 aliphatic rings. The van der Waals surface area contributed by atoms with Crippen molar-refractivity contribution in [2.45, 2.75) is 26.3 Å². The number of rotatable bonds is 5. The van der Waals surface area contributed by atoms with Gasteiger partial charge in [0.15, 0.2) is 0 Å². The molecule has 0 unspecified atom stereocenters. The molecule has 1 aromatic rings. The lowest BCUT2D eigenvalue weighted by atomic mass is 10.2. The number of aromatic nitrogens is 2. The number of nitrogens with zero attached hydrogens (tertiary/aromatic N) is 4. The first-order valence-electron chi connectivity index (χ1n) is 7.26. The van der Waals surface area contributed by atoms with Gasteiger partial charge in [-0.3, -0.25) is 4.90 Å². The molecule has 0 spiro atoms. The van der Waals surface area contributed by atoms with E-state index in [4.69, 9.17) is 10.5 Å². The summed E-state index contributed by atoms with van der Waals surface area (Å²) in [5, 5.41) is 0. The van der Waals surface area contributed by atoms with Gasteiger partial charge in [0.2, 0.25) is 5.95 Å². The highest BCUT2D eigenvalue weighted by atomic mass is 16.5. The standard InChI is InChI=1S/C14H25N5O/c1-4-12-9-16-14(15)17-13(12)18(3)10-11(2)19-5-7-20-8-6-19/h9,11H,4-8,10H2,1-3H3,(H2,15,16,17)/t11-/m1/s1. The lowest BCUT2D eigenvalue weighted by Gasteiger charge is -2.35. The fourth-order valence-corrected chi connectivity index (χ4v) is 2.61. The molecule has 6 heteroatoms. The first kappa shape index (κ1) is 15.0. The summed E-state index contributed by atoms with van der Waals surface area (Å²) >= 11 is 0. The average Bonchev–Trinajstić information content (AvgIpc) is 2.48. The van der Waals surface area contributed by atoms with E-state index in [0.29, 0.717) is 12.0 Å². The highest BCUT2D eigenvalue weighted by Gasteiger charge is 2.20. The molecule has 0 saturated carbocycles. The van der Waals surface area contributed by atoms with Gasteiger partial charge >= 0.3 is 0 Å². The molecule has 0 amide bonds. The highest BCUT2D eigenvalue weighted by molar-refractivity contribution is 5.48. The molecule has 0 aliphatic carbocycles. The van der Waals surface area contributed by atoms with Gasteiger partial charge in [-0.1, -0.05) is 6.92 Å². The third kappa shape index (κ3) is 3.58. The largest absolute Gasteiger partial charge is 0.379 e. The summed E-state index contributed by atoms with van der Waals surface area (Å²) in [7, 11) is 2.07. The zero-order valence-corrected chi connectivity index (χ0v) is 12.7. The zero-order chi connectivity index (χ0) is 14.5. The second-order valence-electron chi connectivity index (χ2n) is 5.31. The number of anilines is 2. The van der Waals surface area contributed by atoms with Crippen LogP contribution in [0.2, 0.25) is 0 Å². The molecule has 1 fully saturated rings. The summed E-state index contributed by atoms with van der Waals surface area (Å²) in [5.41, 5.74) is 6.85. The Morgan fingerprint density at radius 2 is 2.15 bits per heavy atom. The Labute approximate surface area is 120 Å². The van der Waals surface area contributed by atoms with Crippen LogP contribution in [0.25, 0.3) is 0 Å². The summed E-state index contributed by atoms with van der Waals surface area (Å²) < 4.78 is 5.40. The molecule has 20 heavy (non-hydrogen) atoms. The molecule has 2 heterocycles. The van der Waals surface area contributed by atoms with Crippen LogP contribution < -0.4 is 10.6 Å². The van der Waals surface area contributed by atoms with E-state index in [1.807, 2.05) is 6.20 Å². The van der Waals surface area contributed by atoms with E-state index < -0.39 is 0 Å². The molecule has 1 aliphatic heterocycles. The number of aryl methyl sites for hydroxylation is 1. The van der Waals surface area contributed by atoms with Gasteiger partial charge in [-0.25, -0.2) is 4.98 Å². The van der Waals surface area contributed by atoms with E-state index in [0.717, 1.165) is 50.7 Å². The lowest BCUT2D eigenvalue weighted by Crippen LogP contribution is -2.47. The predicted octanol–water partition coefficient (Wildman–Crippen LogP) is 0.778. The highest BCUT2D eigenvalue weighted by Crippen LogP contribution is 2.18. The SMILES string of the molecule is CCc1cnc(N)nc1N(C)C[C@@H](C)N1CCOCC1. The zero-order valence-electron chi connectivity index (χ0n) is 12.7. The normalized spacial score (nSPS) is 17.9. The van der Waals surface area contributed by atoms with Crippen LogP contribution in [0.5, 0.6) is 0 Å². The second-order valence-corrected chi connectivity index (χ2v) is 5.31. The Morgan fingerprint density at radius 3 is 2.80 bits per heavy atom. The quantitative estimate of drug-likeness (QED) is 0.859. The lowest BCUT2D eigenvalue weighted by molar-refractivity contribution is 0.0217. The van der Waals surface area contributed by atoms with Crippen molar-refractivity contribution in [2.24, 2.45) is 0 Å². The van der Waals surface area contributed by atoms with Crippen molar-refractivity contribution in [3.8, 4) is 0 Å². The van der Waals surface area contributed by atoms with Crippen molar-refractivity contribution in [3.05, 3.63) is 11.8 Å². The van der Waals surface area contributed by atoms with Crippen LogP contribution in [0.3, 0.4) is 0 Å². The van der Waals surface area contributed by atoms with Gasteiger partial charge < -0.3 is 15.4 Å². The van der Waals surface area contributed by atoms with Crippen molar-refractivity contribution in [3.63, 3.8) is 0 Å². The summed E-state index contributed by atoms with van der Waals surface area (Å²) in [6.07, 6.45) is 2.74. The number of morpholine rings is 1. The molecule has 112 valence electrons. The Hall–Kier alpha value is -1.40. The molecule has 0 radical (unpaired) electrons. The van der Waals surface area contributed by atoms with Crippen molar-refractivity contribution < 1.29 is 4.74 Å². The molecular formula is C14H25N5O. The number of nitrogen functional groups attached to an aromatic ring is 1. The van der Waals surface area contributed by atoms with E-state index in [9.17, 15) is 0 Å². The molecule has 0 bridgehead atoms. The number of hydrogen-bond acceptors (Lipinski definition) is 6. The molecule has 2 rings (SSSR count). The fraction of sp³-hybridized carbons (Fsp3) is 0.714. The van der Waals surface area contributed by atoms with Crippen molar-refractivity contribution >= 4 is 11.8 Å². The van der Waals surface area contributed by atoms with Crippen LogP contribution in [0.4, 0.5) is 11.8 Å². The maximum atomic E-state index is 5.72. The third-order valence-electron chi connectivity index (χ3n) is 3.81. The molecular weight excluding hydrogens is 254 g/mol. The monoisotopic (exact) mass is 279 g/mol. The number of nitrogens with two attached hydrogens (primary N) is 1. The van der Waals surface area contributed by atoms with E-state index >= 15 is 0 Å². The summed E-state index contributed by atoms with van der Waals surface area (Å²) in [4.78, 5) is 13.1. The van der Waals surface area contributed by atoms with Gasteiger partial charge in [0, 0.05) is 44.5 Å². The van der Waals surface area contributed by atoms with E-state index in [1.165, 1.54) is 0 Å². The molecule has 0 aromatic carbocycles. The van der Waals surface area contributed by atoms with Gasteiger partial charge in [-0.15, -0.1) is 0 Å². The van der Waals surface area contributed by atoms with Crippen LogP contribution in [0.15, 0.2) is 6.20 Å². The van der Waals surface area contributed by atoms with Crippen LogP contribution in [0.1, 0.15) is 19.4 Å². The van der Waals surface area contributed by atoms with Crippen LogP contribution in [0, 0.1) is 0 Å². The Kier molecular flexibility index (Phi) is 5.14. The van der Waals surface area contributed by atoms with Gasteiger partial charge in [0.25, 0.3) is 0 Å². The van der Waals surface area contributed by atoms with Crippen molar-refractivity contribution in [2.75, 3.05) is 50.5 Å². The Balaban J connectivity index is 2.03. The van der Waals surface area contributed by atoms with E-state index in [-0.39, 0.29) is 0 Å². The Bertz CT molecular complexity index is 434. The summed E-state index contributed by atoms with van der Waals surface area (Å²) in [6.45, 7) is 8.94. The van der Waals surface area contributed by atoms with Crippen molar-refractivity contribution in [1.29, 1.82) is 0 Å². The summed E-state index contributed by atoms with van der Waals surface area (Å²) in [6, 6.07) is 0.463. The minimum Gasteiger partial charge on any atom is -0.379 e. The van der Waals surface area contributed by atoms with Gasteiger partial charge in [-0.05, 0) is 13.3 Å².